The van der Waals surface area contributed by atoms with E-state index in [1.54, 1.807) is 61.5 Å². The van der Waals surface area contributed by atoms with Crippen LogP contribution in [0.5, 0.6) is 0 Å². The van der Waals surface area contributed by atoms with Crippen molar-refractivity contribution in [2.75, 3.05) is 10.6 Å². The third-order valence-electron chi connectivity index (χ3n) is 3.91. The van der Waals surface area contributed by atoms with Crippen molar-refractivity contribution < 1.29 is 9.59 Å². The van der Waals surface area contributed by atoms with E-state index < -0.39 is 0 Å². The van der Waals surface area contributed by atoms with Gasteiger partial charge in [-0.25, -0.2) is 9.97 Å². The van der Waals surface area contributed by atoms with Gasteiger partial charge in [0.2, 0.25) is 0 Å². The number of rotatable bonds is 5. The fraction of sp³-hybridized carbons (Fsp3) is 0.0952. The van der Waals surface area contributed by atoms with Crippen LogP contribution in [-0.2, 0) is 0 Å². The van der Waals surface area contributed by atoms with Crippen LogP contribution in [0.4, 0.5) is 17.2 Å². The number of nitrogens with zero attached hydrogens (tertiary/aromatic N) is 3. The normalized spacial score (nSPS) is 10.0. The lowest BCUT2D eigenvalue weighted by molar-refractivity contribution is 0.101. The average molecular weight is 371 g/mol. The molecule has 0 radical (unpaired) electrons. The summed E-state index contributed by atoms with van der Waals surface area (Å²) in [6, 6.07) is 17.1. The molecule has 0 atom stereocenters. The van der Waals surface area contributed by atoms with E-state index in [1.807, 2.05) is 6.07 Å². The van der Waals surface area contributed by atoms with Gasteiger partial charge in [-0.3, -0.25) is 9.59 Å². The number of aromatic nitrogens is 2. The second-order valence-electron chi connectivity index (χ2n) is 6.09. The summed E-state index contributed by atoms with van der Waals surface area (Å²) in [7, 11) is 0. The Morgan fingerprint density at radius 1 is 0.964 bits per heavy atom. The summed E-state index contributed by atoms with van der Waals surface area (Å²) in [5.74, 6) is 0.514. The van der Waals surface area contributed by atoms with Gasteiger partial charge in [-0.15, -0.1) is 0 Å². The van der Waals surface area contributed by atoms with E-state index in [0.717, 1.165) is 5.69 Å². The zero-order chi connectivity index (χ0) is 20.1. The van der Waals surface area contributed by atoms with Crippen molar-refractivity contribution in [2.45, 2.75) is 13.8 Å². The maximum atomic E-state index is 12.5. The Labute approximate surface area is 162 Å². The molecule has 7 nitrogen and oxygen atoms in total. The number of nitriles is 1. The summed E-state index contributed by atoms with van der Waals surface area (Å²) >= 11 is 0. The fourth-order valence-electron chi connectivity index (χ4n) is 2.51. The molecule has 1 aromatic heterocycles. The second kappa shape index (κ2) is 8.10. The Morgan fingerprint density at radius 2 is 1.61 bits per heavy atom. The van der Waals surface area contributed by atoms with Gasteiger partial charge in [-0.1, -0.05) is 0 Å². The van der Waals surface area contributed by atoms with Crippen LogP contribution >= 0.6 is 0 Å². The zero-order valence-corrected chi connectivity index (χ0v) is 15.4. The Morgan fingerprint density at radius 3 is 2.21 bits per heavy atom. The molecule has 0 aliphatic rings. The van der Waals surface area contributed by atoms with Crippen LogP contribution < -0.4 is 10.6 Å². The van der Waals surface area contributed by atoms with Gasteiger partial charge in [0.05, 0.1) is 11.6 Å². The van der Waals surface area contributed by atoms with E-state index in [1.165, 1.54) is 6.92 Å². The van der Waals surface area contributed by atoms with E-state index in [0.29, 0.717) is 28.5 Å². The fourth-order valence-corrected chi connectivity index (χ4v) is 2.51. The molecule has 2 N–H and O–H groups in total. The van der Waals surface area contributed by atoms with Crippen LogP contribution in [0.3, 0.4) is 0 Å². The maximum absolute atomic E-state index is 12.5. The van der Waals surface area contributed by atoms with Gasteiger partial charge in [-0.2, -0.15) is 5.26 Å². The molecular weight excluding hydrogens is 354 g/mol. The molecule has 138 valence electrons. The minimum absolute atomic E-state index is 0.00816. The molecule has 3 aromatic rings. The number of hydrogen-bond donors (Lipinski definition) is 2. The van der Waals surface area contributed by atoms with Gasteiger partial charge in [0.1, 0.15) is 17.3 Å². The number of anilines is 3. The van der Waals surface area contributed by atoms with Crippen molar-refractivity contribution in [3.8, 4) is 6.07 Å². The number of carbonyl (C=O) groups is 2. The Hall–Kier alpha value is -4.05. The first kappa shape index (κ1) is 18.7. The molecule has 3 rings (SSSR count). The first-order valence-electron chi connectivity index (χ1n) is 8.50. The molecule has 0 aliphatic heterocycles. The van der Waals surface area contributed by atoms with Gasteiger partial charge < -0.3 is 10.6 Å². The van der Waals surface area contributed by atoms with Crippen LogP contribution in [0.1, 0.15) is 39.2 Å². The first-order valence-corrected chi connectivity index (χ1v) is 8.50. The summed E-state index contributed by atoms with van der Waals surface area (Å²) in [6.07, 6.45) is 0. The molecule has 0 fully saturated rings. The molecule has 0 spiro atoms. The number of Topliss-reactive ketones (excluding diaryl/α,β-unsaturated/α-hetero) is 1. The molecule has 0 bridgehead atoms. The molecule has 0 saturated carbocycles. The van der Waals surface area contributed by atoms with Gasteiger partial charge in [0, 0.05) is 23.0 Å². The summed E-state index contributed by atoms with van der Waals surface area (Å²) < 4.78 is 0. The maximum Gasteiger partial charge on any atom is 0.274 e. The van der Waals surface area contributed by atoms with Crippen LogP contribution in [-0.4, -0.2) is 21.7 Å². The number of carbonyl (C=O) groups excluding carboxylic acids is 2. The van der Waals surface area contributed by atoms with Crippen molar-refractivity contribution >= 4 is 28.9 Å². The first-order chi connectivity index (χ1) is 13.4. The number of amides is 1. The second-order valence-corrected chi connectivity index (χ2v) is 6.09. The number of aryl methyl sites for hydroxylation is 1. The average Bonchev–Trinajstić information content (AvgIpc) is 2.68. The molecule has 7 heteroatoms. The summed E-state index contributed by atoms with van der Waals surface area (Å²) in [4.78, 5) is 32.4. The molecule has 0 unspecified atom stereocenters. The predicted molar refractivity (Wildman–Crippen MR) is 106 cm³/mol. The standard InChI is InChI=1S/C21H17N5O2/c1-13(27)16-5-9-17(10-6-16)25-20-11-19(23-14(2)24-20)21(28)26-18-7-3-15(12-22)4-8-18/h3-11H,1-2H3,(H,26,28)(H,23,24,25). The van der Waals surface area contributed by atoms with Gasteiger partial charge >= 0.3 is 0 Å². The zero-order valence-electron chi connectivity index (χ0n) is 15.4. The van der Waals surface area contributed by atoms with E-state index >= 15 is 0 Å². The number of ketones is 1. The van der Waals surface area contributed by atoms with Gasteiger partial charge in [0.15, 0.2) is 5.78 Å². The van der Waals surface area contributed by atoms with Crippen LogP contribution in [0.2, 0.25) is 0 Å². The Kier molecular flexibility index (Phi) is 5.42. The molecule has 1 heterocycles. The lowest BCUT2D eigenvalue weighted by atomic mass is 10.1. The van der Waals surface area contributed by atoms with Gasteiger partial charge in [0.25, 0.3) is 5.91 Å². The summed E-state index contributed by atoms with van der Waals surface area (Å²) in [5, 5.41) is 14.7. The van der Waals surface area contributed by atoms with Crippen molar-refractivity contribution in [3.63, 3.8) is 0 Å². The SMILES string of the molecule is CC(=O)c1ccc(Nc2cc(C(=O)Nc3ccc(C#N)cc3)nc(C)n2)cc1. The van der Waals surface area contributed by atoms with Crippen LogP contribution in [0, 0.1) is 18.3 Å². The van der Waals surface area contributed by atoms with E-state index in [9.17, 15) is 9.59 Å². The number of hydrogen-bond acceptors (Lipinski definition) is 6. The molecule has 2 aromatic carbocycles. The van der Waals surface area contributed by atoms with Crippen LogP contribution in [0.25, 0.3) is 0 Å². The van der Waals surface area contributed by atoms with E-state index in [-0.39, 0.29) is 17.4 Å². The predicted octanol–water partition coefficient (Wildman–Crippen LogP) is 3.86. The molecule has 28 heavy (non-hydrogen) atoms. The largest absolute Gasteiger partial charge is 0.340 e. The van der Waals surface area contributed by atoms with Crippen LogP contribution in [0.15, 0.2) is 54.6 Å². The van der Waals surface area contributed by atoms with Crippen molar-refractivity contribution in [1.82, 2.24) is 9.97 Å². The summed E-state index contributed by atoms with van der Waals surface area (Å²) in [5.41, 5.74) is 2.64. The number of benzene rings is 2. The minimum atomic E-state index is -0.384. The highest BCUT2D eigenvalue weighted by atomic mass is 16.2. The van der Waals surface area contributed by atoms with E-state index in [4.69, 9.17) is 5.26 Å². The molecule has 0 aliphatic carbocycles. The van der Waals surface area contributed by atoms with E-state index in [2.05, 4.69) is 20.6 Å². The highest BCUT2D eigenvalue weighted by Crippen LogP contribution is 2.17. The highest BCUT2D eigenvalue weighted by molar-refractivity contribution is 6.03. The lowest BCUT2D eigenvalue weighted by Crippen LogP contribution is -2.15. The monoisotopic (exact) mass is 371 g/mol. The smallest absolute Gasteiger partial charge is 0.274 e. The van der Waals surface area contributed by atoms with Gasteiger partial charge in [-0.05, 0) is 62.4 Å². The minimum Gasteiger partial charge on any atom is -0.340 e. The third kappa shape index (κ3) is 4.56. The Balaban J connectivity index is 1.77. The third-order valence-corrected chi connectivity index (χ3v) is 3.91. The highest BCUT2D eigenvalue weighted by Gasteiger charge is 2.11. The number of nitrogens with one attached hydrogen (secondary N) is 2. The summed E-state index contributed by atoms with van der Waals surface area (Å²) in [6.45, 7) is 3.21. The Bertz CT molecular complexity index is 1070. The topological polar surface area (TPSA) is 108 Å². The van der Waals surface area contributed by atoms with Crippen molar-refractivity contribution in [2.24, 2.45) is 0 Å². The molecular formula is C21H17N5O2. The molecule has 1 amide bonds. The van der Waals surface area contributed by atoms with Crippen molar-refractivity contribution in [3.05, 3.63) is 77.2 Å². The van der Waals surface area contributed by atoms with Crippen molar-refractivity contribution in [1.29, 1.82) is 5.26 Å². The quantitative estimate of drug-likeness (QED) is 0.660. The lowest BCUT2D eigenvalue weighted by Gasteiger charge is -2.10. The molecule has 0 saturated heterocycles.